The first-order valence-electron chi connectivity index (χ1n) is 9.29. The third-order valence-corrected chi connectivity index (χ3v) is 5.41. The molecule has 0 saturated carbocycles. The van der Waals surface area contributed by atoms with Crippen LogP contribution in [0.25, 0.3) is 28.0 Å². The number of pyridine rings is 2. The Balaban J connectivity index is 2.17. The van der Waals surface area contributed by atoms with E-state index < -0.39 is 11.5 Å². The standard InChI is InChI=1S/C22H17Cl2FN4O/c1-11(2)17-19(12(3)8-9-26-17)29-21-14(20(24)28-22(29)30)10-15(23)18(27-21)13-6-4-5-7-16(13)25/h4-11H,1-3H3. The van der Waals surface area contributed by atoms with Crippen LogP contribution in [0, 0.1) is 12.7 Å². The molecule has 0 spiro atoms. The lowest BCUT2D eigenvalue weighted by Crippen LogP contribution is -2.25. The fraction of sp³-hybridized carbons (Fsp3) is 0.182. The maximum atomic E-state index is 14.5. The van der Waals surface area contributed by atoms with Crippen LogP contribution in [-0.2, 0) is 0 Å². The summed E-state index contributed by atoms with van der Waals surface area (Å²) >= 11 is 12.7. The Labute approximate surface area is 182 Å². The summed E-state index contributed by atoms with van der Waals surface area (Å²) in [5.41, 5.74) is 2.20. The third kappa shape index (κ3) is 3.36. The van der Waals surface area contributed by atoms with Crippen molar-refractivity contribution in [2.24, 2.45) is 0 Å². The van der Waals surface area contributed by atoms with Gasteiger partial charge < -0.3 is 0 Å². The lowest BCUT2D eigenvalue weighted by atomic mass is 10.0. The molecule has 0 aliphatic heterocycles. The Morgan fingerprint density at radius 1 is 1.10 bits per heavy atom. The van der Waals surface area contributed by atoms with Crippen LogP contribution in [0.3, 0.4) is 0 Å². The third-order valence-electron chi connectivity index (χ3n) is 4.83. The molecule has 3 heterocycles. The molecule has 5 nitrogen and oxygen atoms in total. The van der Waals surface area contributed by atoms with Gasteiger partial charge in [0, 0.05) is 11.8 Å². The number of benzene rings is 1. The Bertz CT molecular complexity index is 1350. The van der Waals surface area contributed by atoms with Gasteiger partial charge in [0.05, 0.1) is 27.5 Å². The predicted molar refractivity (Wildman–Crippen MR) is 117 cm³/mol. The van der Waals surface area contributed by atoms with Crippen LogP contribution in [0.2, 0.25) is 10.2 Å². The maximum absolute atomic E-state index is 14.5. The highest BCUT2D eigenvalue weighted by Gasteiger charge is 2.21. The second-order valence-electron chi connectivity index (χ2n) is 7.21. The smallest absolute Gasteiger partial charge is 0.259 e. The molecule has 30 heavy (non-hydrogen) atoms. The van der Waals surface area contributed by atoms with Gasteiger partial charge in [-0.05, 0) is 42.7 Å². The van der Waals surface area contributed by atoms with Crippen LogP contribution in [0.5, 0.6) is 0 Å². The molecular formula is C22H17Cl2FN4O. The van der Waals surface area contributed by atoms with Crippen molar-refractivity contribution in [1.82, 2.24) is 19.5 Å². The molecule has 0 aliphatic rings. The van der Waals surface area contributed by atoms with E-state index >= 15 is 0 Å². The van der Waals surface area contributed by atoms with Gasteiger partial charge >= 0.3 is 5.69 Å². The van der Waals surface area contributed by atoms with E-state index in [2.05, 4.69) is 15.0 Å². The molecule has 0 N–H and O–H groups in total. The SMILES string of the molecule is Cc1ccnc(C(C)C)c1-n1c(=O)nc(Cl)c2cc(Cl)c(-c3ccccc3F)nc21. The highest BCUT2D eigenvalue weighted by atomic mass is 35.5. The average Bonchev–Trinajstić information content (AvgIpc) is 2.69. The van der Waals surface area contributed by atoms with Gasteiger partial charge in [0.15, 0.2) is 5.65 Å². The van der Waals surface area contributed by atoms with E-state index in [1.807, 2.05) is 26.8 Å². The van der Waals surface area contributed by atoms with Gasteiger partial charge in [-0.25, -0.2) is 18.7 Å². The van der Waals surface area contributed by atoms with E-state index in [-0.39, 0.29) is 33.0 Å². The van der Waals surface area contributed by atoms with Crippen molar-refractivity contribution in [3.63, 3.8) is 0 Å². The number of aromatic nitrogens is 4. The molecule has 152 valence electrons. The number of aryl methyl sites for hydroxylation is 1. The summed E-state index contributed by atoms with van der Waals surface area (Å²) in [6.07, 6.45) is 1.69. The molecule has 0 amide bonds. The molecule has 1 aromatic carbocycles. The minimum absolute atomic E-state index is 0.0200. The second-order valence-corrected chi connectivity index (χ2v) is 7.97. The zero-order chi connectivity index (χ0) is 21.6. The molecule has 3 aromatic heterocycles. The van der Waals surface area contributed by atoms with E-state index in [1.54, 1.807) is 30.5 Å². The molecule has 0 saturated heterocycles. The van der Waals surface area contributed by atoms with E-state index in [1.165, 1.54) is 10.6 Å². The molecular weight excluding hydrogens is 426 g/mol. The molecule has 0 atom stereocenters. The second kappa shape index (κ2) is 7.78. The predicted octanol–water partition coefficient (Wildman–Crippen LogP) is 5.72. The summed E-state index contributed by atoms with van der Waals surface area (Å²) in [5, 5.41) is 0.571. The first kappa shape index (κ1) is 20.4. The Morgan fingerprint density at radius 2 is 1.83 bits per heavy atom. The topological polar surface area (TPSA) is 60.7 Å². The number of nitrogens with zero attached hydrogens (tertiary/aromatic N) is 4. The summed E-state index contributed by atoms with van der Waals surface area (Å²) in [7, 11) is 0. The summed E-state index contributed by atoms with van der Waals surface area (Å²) in [6.45, 7) is 5.84. The molecule has 4 rings (SSSR count). The van der Waals surface area contributed by atoms with Gasteiger partial charge in [-0.3, -0.25) is 4.98 Å². The van der Waals surface area contributed by atoms with Crippen LogP contribution in [0.1, 0.15) is 31.0 Å². The fourth-order valence-electron chi connectivity index (χ4n) is 3.41. The average molecular weight is 443 g/mol. The zero-order valence-corrected chi connectivity index (χ0v) is 18.0. The number of hydrogen-bond donors (Lipinski definition) is 0. The summed E-state index contributed by atoms with van der Waals surface area (Å²) in [5.74, 6) is -0.434. The van der Waals surface area contributed by atoms with Crippen molar-refractivity contribution < 1.29 is 4.39 Å². The number of halogens is 3. The van der Waals surface area contributed by atoms with E-state index in [9.17, 15) is 9.18 Å². The lowest BCUT2D eigenvalue weighted by Gasteiger charge is -2.18. The van der Waals surface area contributed by atoms with Crippen molar-refractivity contribution in [3.05, 3.63) is 80.3 Å². The van der Waals surface area contributed by atoms with E-state index in [0.717, 1.165) is 5.56 Å². The van der Waals surface area contributed by atoms with Gasteiger partial charge in [-0.15, -0.1) is 0 Å². The molecule has 0 bridgehead atoms. The van der Waals surface area contributed by atoms with Gasteiger partial charge in [0.2, 0.25) is 0 Å². The molecule has 8 heteroatoms. The normalized spacial score (nSPS) is 11.4. The van der Waals surface area contributed by atoms with Crippen LogP contribution >= 0.6 is 23.2 Å². The quantitative estimate of drug-likeness (QED) is 0.380. The molecule has 0 unspecified atom stereocenters. The Hall–Kier alpha value is -2.83. The summed E-state index contributed by atoms with van der Waals surface area (Å²) in [4.78, 5) is 26.0. The molecule has 0 fully saturated rings. The number of rotatable bonds is 3. The fourth-order valence-corrected chi connectivity index (χ4v) is 3.88. The highest BCUT2D eigenvalue weighted by molar-refractivity contribution is 6.36. The van der Waals surface area contributed by atoms with Crippen LogP contribution in [0.4, 0.5) is 4.39 Å². The first-order valence-corrected chi connectivity index (χ1v) is 10.0. The summed E-state index contributed by atoms with van der Waals surface area (Å²) in [6, 6.07) is 9.54. The van der Waals surface area contributed by atoms with E-state index in [4.69, 9.17) is 23.2 Å². The minimum Gasteiger partial charge on any atom is -0.259 e. The van der Waals surface area contributed by atoms with Crippen molar-refractivity contribution in [2.75, 3.05) is 0 Å². The van der Waals surface area contributed by atoms with Gasteiger partial charge in [-0.2, -0.15) is 4.98 Å². The minimum atomic E-state index is -0.597. The van der Waals surface area contributed by atoms with E-state index in [0.29, 0.717) is 16.8 Å². The monoisotopic (exact) mass is 442 g/mol. The van der Waals surface area contributed by atoms with Crippen LogP contribution in [-0.4, -0.2) is 19.5 Å². The molecule has 4 aromatic rings. The maximum Gasteiger partial charge on any atom is 0.355 e. The Kier molecular flexibility index (Phi) is 5.30. The summed E-state index contributed by atoms with van der Waals surface area (Å²) < 4.78 is 15.8. The Morgan fingerprint density at radius 3 is 2.53 bits per heavy atom. The van der Waals surface area contributed by atoms with Crippen molar-refractivity contribution in [2.45, 2.75) is 26.7 Å². The van der Waals surface area contributed by atoms with Crippen molar-refractivity contribution >= 4 is 34.2 Å². The van der Waals surface area contributed by atoms with Crippen molar-refractivity contribution in [3.8, 4) is 16.9 Å². The van der Waals surface area contributed by atoms with Gasteiger partial charge in [0.1, 0.15) is 11.0 Å². The molecule has 0 aliphatic carbocycles. The lowest BCUT2D eigenvalue weighted by molar-refractivity contribution is 0.631. The zero-order valence-electron chi connectivity index (χ0n) is 16.4. The van der Waals surface area contributed by atoms with Crippen LogP contribution < -0.4 is 5.69 Å². The van der Waals surface area contributed by atoms with Gasteiger partial charge in [-0.1, -0.05) is 49.2 Å². The number of fused-ring (bicyclic) bond motifs is 1. The highest BCUT2D eigenvalue weighted by Crippen LogP contribution is 2.34. The van der Waals surface area contributed by atoms with Crippen molar-refractivity contribution in [1.29, 1.82) is 0 Å². The molecule has 0 radical (unpaired) electrons. The van der Waals surface area contributed by atoms with Gasteiger partial charge in [0.25, 0.3) is 0 Å². The largest absolute Gasteiger partial charge is 0.355 e. The first-order chi connectivity index (χ1) is 14.3. The van der Waals surface area contributed by atoms with Crippen LogP contribution in [0.15, 0.2) is 47.4 Å². The number of hydrogen-bond acceptors (Lipinski definition) is 4.